The minimum Gasteiger partial charge on any atom is -0.447 e. The van der Waals surface area contributed by atoms with E-state index in [4.69, 9.17) is 21.7 Å². The van der Waals surface area contributed by atoms with Crippen molar-refractivity contribution in [2.24, 2.45) is 5.41 Å². The number of alkyl halides is 5. The molecular weight excluding hydrogens is 727 g/mol. The highest BCUT2D eigenvalue weighted by Gasteiger charge is 2.64. The number of hydrogen-bond donors (Lipinski definition) is 3. The van der Waals surface area contributed by atoms with Crippen molar-refractivity contribution < 1.29 is 36.3 Å². The summed E-state index contributed by atoms with van der Waals surface area (Å²) in [5.41, 5.74) is -2.61. The molecule has 0 unspecified atom stereocenters. The predicted octanol–water partition coefficient (Wildman–Crippen LogP) is 6.61. The summed E-state index contributed by atoms with van der Waals surface area (Å²) in [4.78, 5) is 36.8. The summed E-state index contributed by atoms with van der Waals surface area (Å²) in [6.07, 6.45) is -7.32. The summed E-state index contributed by atoms with van der Waals surface area (Å²) in [6.45, 7) is 5.02. The Morgan fingerprint density at radius 1 is 1.06 bits per heavy atom. The van der Waals surface area contributed by atoms with Gasteiger partial charge < -0.3 is 15.4 Å². The summed E-state index contributed by atoms with van der Waals surface area (Å²) < 4.78 is 76.5. The van der Waals surface area contributed by atoms with Gasteiger partial charge in [-0.05, 0) is 72.2 Å². The molecule has 0 radical (unpaired) electrons. The lowest BCUT2D eigenvalue weighted by molar-refractivity contribution is -0.164. The number of amides is 2. The minimum absolute atomic E-state index is 0.0277. The molecule has 278 valence electrons. The molecule has 3 N–H and O–H groups in total. The van der Waals surface area contributed by atoms with Gasteiger partial charge in [0.25, 0.3) is 12.3 Å². The molecule has 1 saturated carbocycles. The van der Waals surface area contributed by atoms with E-state index in [9.17, 15) is 26.7 Å². The van der Waals surface area contributed by atoms with Crippen LogP contribution in [0.15, 0.2) is 61.2 Å². The average molecular weight is 759 g/mol. The third-order valence-electron chi connectivity index (χ3n) is 9.36. The molecule has 5 aromatic rings. The zero-order chi connectivity index (χ0) is 38.1. The van der Waals surface area contributed by atoms with Crippen LogP contribution in [0.4, 0.5) is 26.7 Å². The van der Waals surface area contributed by atoms with Gasteiger partial charge in [0.15, 0.2) is 17.4 Å². The first-order valence-corrected chi connectivity index (χ1v) is 16.7. The zero-order valence-electron chi connectivity index (χ0n) is 28.4. The molecule has 4 heterocycles. The van der Waals surface area contributed by atoms with Crippen LogP contribution >= 0.6 is 11.6 Å². The number of ether oxygens (including phenoxy) is 1. The van der Waals surface area contributed by atoms with E-state index in [-0.39, 0.29) is 35.5 Å². The van der Waals surface area contributed by atoms with E-state index in [1.807, 2.05) is 32.2 Å². The SMILES string of the molecule is CC(C)(C)C[C@]1(c2ccc3c(ccc4ncnn43)c2)NC(=N)N([C@H](COC(=O)NC2(C(F)(F)F)CC2)c2ccc(Cl)c(-n3ncnc3C(F)F)c2)C1=O. The number of nitrogens with one attached hydrogen (secondary N) is 3. The number of rotatable bonds is 9. The quantitative estimate of drug-likeness (QED) is 0.142. The largest absolute Gasteiger partial charge is 0.447 e. The highest BCUT2D eigenvalue weighted by molar-refractivity contribution is 6.32. The van der Waals surface area contributed by atoms with E-state index in [1.165, 1.54) is 24.5 Å². The molecule has 2 atom stereocenters. The van der Waals surface area contributed by atoms with Crippen LogP contribution < -0.4 is 10.6 Å². The third kappa shape index (κ3) is 6.38. The monoisotopic (exact) mass is 758 g/mol. The van der Waals surface area contributed by atoms with Crippen LogP contribution in [0, 0.1) is 10.8 Å². The number of pyridine rings is 1. The van der Waals surface area contributed by atoms with Gasteiger partial charge in [0.05, 0.1) is 22.3 Å². The zero-order valence-corrected chi connectivity index (χ0v) is 29.1. The molecule has 2 fully saturated rings. The average Bonchev–Trinajstić information content (AvgIpc) is 3.39. The van der Waals surface area contributed by atoms with E-state index < -0.39 is 65.5 Å². The Morgan fingerprint density at radius 3 is 2.47 bits per heavy atom. The van der Waals surface area contributed by atoms with Crippen molar-refractivity contribution in [2.45, 2.75) is 69.8 Å². The number of fused-ring (bicyclic) bond motifs is 3. The Kier molecular flexibility index (Phi) is 8.58. The summed E-state index contributed by atoms with van der Waals surface area (Å²) in [5, 5.41) is 23.0. The number of carbonyl (C=O) groups excluding carboxylic acids is 2. The fraction of sp³-hybridized carbons (Fsp3) is 0.382. The number of alkyl carbamates (subject to hydrolysis) is 1. The van der Waals surface area contributed by atoms with Gasteiger partial charge in [-0.2, -0.15) is 23.4 Å². The molecule has 1 aliphatic carbocycles. The highest BCUT2D eigenvalue weighted by Crippen LogP contribution is 2.49. The first kappa shape index (κ1) is 36.0. The van der Waals surface area contributed by atoms with Crippen molar-refractivity contribution in [1.82, 2.24) is 44.9 Å². The Morgan fingerprint density at radius 2 is 1.79 bits per heavy atom. The standard InChI is InChI=1S/C34H32ClF5N10O3/c1-31(2,3)15-33(20-6-8-22-18(12-20)5-9-25-42-16-44-49(22)25)28(51)48(29(41)46-33)24(14-53-30(52)47-32(10-11-32)34(38,39)40)19-4-7-21(35)23(13-19)50-27(26(36)37)43-17-45-50/h4-9,12-13,16-17,24,26H,10-11,14-15H2,1-3H3,(H2,41,46)(H,47,52)/t24-,33-/m1/s1. The first-order chi connectivity index (χ1) is 24.9. The topological polar surface area (TPSA) is 155 Å². The molecule has 0 bridgehead atoms. The third-order valence-corrected chi connectivity index (χ3v) is 9.68. The first-order valence-electron chi connectivity index (χ1n) is 16.4. The maximum atomic E-state index is 15.0. The Bertz CT molecular complexity index is 2260. The molecule has 13 nitrogen and oxygen atoms in total. The van der Waals surface area contributed by atoms with Crippen LogP contribution in [0.2, 0.25) is 5.02 Å². The molecule has 1 saturated heterocycles. The molecule has 0 spiro atoms. The second-order valence-corrected chi connectivity index (χ2v) is 14.7. The van der Waals surface area contributed by atoms with Crippen molar-refractivity contribution in [2.75, 3.05) is 6.61 Å². The lowest BCUT2D eigenvalue weighted by Gasteiger charge is -2.35. The fourth-order valence-electron chi connectivity index (χ4n) is 6.79. The van der Waals surface area contributed by atoms with Crippen LogP contribution in [-0.4, -0.2) is 70.5 Å². The lowest BCUT2D eigenvalue weighted by atomic mass is 9.75. The molecule has 1 aliphatic heterocycles. The van der Waals surface area contributed by atoms with Gasteiger partial charge in [-0.1, -0.05) is 44.5 Å². The van der Waals surface area contributed by atoms with Gasteiger partial charge in [0.2, 0.25) is 0 Å². The van der Waals surface area contributed by atoms with Gasteiger partial charge in [-0.25, -0.2) is 32.7 Å². The summed E-state index contributed by atoms with van der Waals surface area (Å²) in [7, 11) is 0. The van der Waals surface area contributed by atoms with Crippen molar-refractivity contribution in [3.63, 3.8) is 0 Å². The summed E-state index contributed by atoms with van der Waals surface area (Å²) in [6, 6.07) is 11.6. The summed E-state index contributed by atoms with van der Waals surface area (Å²) >= 11 is 6.43. The van der Waals surface area contributed by atoms with Crippen molar-refractivity contribution >= 4 is 46.1 Å². The van der Waals surface area contributed by atoms with E-state index >= 15 is 4.79 Å². The predicted molar refractivity (Wildman–Crippen MR) is 181 cm³/mol. The molecular formula is C34H32ClF5N10O3. The molecule has 19 heteroatoms. The Balaban J connectivity index is 1.31. The van der Waals surface area contributed by atoms with E-state index in [2.05, 4.69) is 25.5 Å². The van der Waals surface area contributed by atoms with Gasteiger partial charge in [-0.15, -0.1) is 0 Å². The molecule has 7 rings (SSSR count). The second kappa shape index (κ2) is 12.6. The van der Waals surface area contributed by atoms with Gasteiger partial charge in [-0.3, -0.25) is 15.1 Å². The molecule has 3 aromatic heterocycles. The van der Waals surface area contributed by atoms with Gasteiger partial charge in [0.1, 0.15) is 30.3 Å². The number of benzene rings is 2. The Hall–Kier alpha value is -5.39. The van der Waals surface area contributed by atoms with Crippen molar-refractivity contribution in [3.05, 3.63) is 83.2 Å². The molecule has 53 heavy (non-hydrogen) atoms. The number of hydrogen-bond acceptors (Lipinski definition) is 8. The number of nitrogens with zero attached hydrogens (tertiary/aromatic N) is 7. The van der Waals surface area contributed by atoms with Crippen LogP contribution in [0.3, 0.4) is 0 Å². The maximum absolute atomic E-state index is 15.0. The number of aromatic nitrogens is 6. The normalized spacial score (nSPS) is 19.2. The minimum atomic E-state index is -4.72. The van der Waals surface area contributed by atoms with Crippen LogP contribution in [-0.2, 0) is 15.1 Å². The van der Waals surface area contributed by atoms with Gasteiger partial charge >= 0.3 is 12.3 Å². The Labute approximate surface area is 303 Å². The number of halogens is 6. The number of carbonyl (C=O) groups is 2. The lowest BCUT2D eigenvalue weighted by Crippen LogP contribution is -2.49. The molecule has 2 amide bonds. The second-order valence-electron chi connectivity index (χ2n) is 14.3. The fourth-order valence-corrected chi connectivity index (χ4v) is 6.99. The van der Waals surface area contributed by atoms with Crippen LogP contribution in [0.5, 0.6) is 0 Å². The summed E-state index contributed by atoms with van der Waals surface area (Å²) in [5.74, 6) is -1.76. The van der Waals surface area contributed by atoms with Crippen LogP contribution in [0.25, 0.3) is 22.2 Å². The molecule has 2 aliphatic rings. The smallest absolute Gasteiger partial charge is 0.411 e. The van der Waals surface area contributed by atoms with E-state index in [0.717, 1.165) is 15.9 Å². The van der Waals surface area contributed by atoms with Crippen molar-refractivity contribution in [3.8, 4) is 5.69 Å². The molecule has 2 aromatic carbocycles. The van der Waals surface area contributed by atoms with E-state index in [0.29, 0.717) is 22.1 Å². The van der Waals surface area contributed by atoms with Crippen LogP contribution in [0.1, 0.15) is 69.5 Å². The highest BCUT2D eigenvalue weighted by atomic mass is 35.5. The maximum Gasteiger partial charge on any atom is 0.411 e. The van der Waals surface area contributed by atoms with Crippen molar-refractivity contribution in [1.29, 1.82) is 5.41 Å². The van der Waals surface area contributed by atoms with Gasteiger partial charge in [0, 0.05) is 5.39 Å². The van der Waals surface area contributed by atoms with E-state index in [1.54, 1.807) is 28.8 Å². The number of guanidine groups is 1.